The standard InChI is InChI=1S/C13H21NO4/c1-3-11(15)17-9-10-18-14-12(16)13(2)7-5-4-6-8-13/h3H,1,4-10H2,2H3,(H,14,16). The van der Waals surface area contributed by atoms with Crippen LogP contribution in [-0.2, 0) is 19.2 Å². The third kappa shape index (κ3) is 4.49. The first-order valence-corrected chi connectivity index (χ1v) is 6.30. The Hall–Kier alpha value is -1.36. The van der Waals surface area contributed by atoms with E-state index in [2.05, 4.69) is 12.1 Å². The molecule has 1 fully saturated rings. The summed E-state index contributed by atoms with van der Waals surface area (Å²) >= 11 is 0. The van der Waals surface area contributed by atoms with Crippen LogP contribution < -0.4 is 5.48 Å². The molecule has 0 aliphatic heterocycles. The van der Waals surface area contributed by atoms with Crippen molar-refractivity contribution < 1.29 is 19.2 Å². The number of rotatable bonds is 6. The lowest BCUT2D eigenvalue weighted by molar-refractivity contribution is -0.148. The van der Waals surface area contributed by atoms with E-state index in [1.807, 2.05) is 6.92 Å². The third-order valence-electron chi connectivity index (χ3n) is 3.27. The molecule has 1 N–H and O–H groups in total. The Bertz CT molecular complexity index is 308. The van der Waals surface area contributed by atoms with Gasteiger partial charge in [0.2, 0.25) is 5.91 Å². The highest BCUT2D eigenvalue weighted by Gasteiger charge is 2.34. The minimum absolute atomic E-state index is 0.0859. The first-order chi connectivity index (χ1) is 8.58. The van der Waals surface area contributed by atoms with Crippen LogP contribution in [0.25, 0.3) is 0 Å². The van der Waals surface area contributed by atoms with Gasteiger partial charge < -0.3 is 4.74 Å². The van der Waals surface area contributed by atoms with Crippen molar-refractivity contribution >= 4 is 11.9 Å². The Balaban J connectivity index is 2.16. The minimum Gasteiger partial charge on any atom is -0.460 e. The Morgan fingerprint density at radius 2 is 1.94 bits per heavy atom. The van der Waals surface area contributed by atoms with Gasteiger partial charge in [-0.1, -0.05) is 32.8 Å². The van der Waals surface area contributed by atoms with Crippen molar-refractivity contribution in [3.8, 4) is 0 Å². The number of hydrogen-bond donors (Lipinski definition) is 1. The van der Waals surface area contributed by atoms with E-state index in [-0.39, 0.29) is 24.5 Å². The number of carbonyl (C=O) groups is 2. The molecule has 0 bridgehead atoms. The van der Waals surface area contributed by atoms with Gasteiger partial charge in [0.25, 0.3) is 0 Å². The minimum atomic E-state index is -0.496. The maximum absolute atomic E-state index is 11.9. The summed E-state index contributed by atoms with van der Waals surface area (Å²) < 4.78 is 4.71. The molecule has 1 aliphatic carbocycles. The molecule has 0 unspecified atom stereocenters. The average molecular weight is 255 g/mol. The van der Waals surface area contributed by atoms with E-state index in [1.54, 1.807) is 0 Å². The molecular weight excluding hydrogens is 234 g/mol. The lowest BCUT2D eigenvalue weighted by Crippen LogP contribution is -2.40. The van der Waals surface area contributed by atoms with Crippen molar-refractivity contribution in [3.63, 3.8) is 0 Å². The number of esters is 1. The molecule has 1 saturated carbocycles. The second-order valence-electron chi connectivity index (χ2n) is 4.77. The highest BCUT2D eigenvalue weighted by molar-refractivity contribution is 5.81. The van der Waals surface area contributed by atoms with Gasteiger partial charge in [-0.3, -0.25) is 9.63 Å². The van der Waals surface area contributed by atoms with Crippen LogP contribution in [-0.4, -0.2) is 25.1 Å². The van der Waals surface area contributed by atoms with Crippen molar-refractivity contribution in [3.05, 3.63) is 12.7 Å². The van der Waals surface area contributed by atoms with E-state index >= 15 is 0 Å². The molecule has 1 amide bonds. The zero-order valence-corrected chi connectivity index (χ0v) is 10.9. The van der Waals surface area contributed by atoms with Crippen molar-refractivity contribution in [1.29, 1.82) is 0 Å². The molecule has 0 radical (unpaired) electrons. The highest BCUT2D eigenvalue weighted by Crippen LogP contribution is 2.35. The molecular formula is C13H21NO4. The third-order valence-corrected chi connectivity index (χ3v) is 3.27. The lowest BCUT2D eigenvalue weighted by atomic mass is 9.75. The molecule has 0 aromatic carbocycles. The normalized spacial score (nSPS) is 17.8. The molecule has 0 aromatic heterocycles. The van der Waals surface area contributed by atoms with Gasteiger partial charge in [-0.25, -0.2) is 10.3 Å². The van der Waals surface area contributed by atoms with Gasteiger partial charge in [0.15, 0.2) is 0 Å². The number of ether oxygens (including phenoxy) is 1. The van der Waals surface area contributed by atoms with E-state index in [1.165, 1.54) is 6.42 Å². The molecule has 1 rings (SSSR count). The fourth-order valence-corrected chi connectivity index (χ4v) is 2.04. The molecule has 102 valence electrons. The molecule has 5 nitrogen and oxygen atoms in total. The van der Waals surface area contributed by atoms with Crippen molar-refractivity contribution in [2.45, 2.75) is 39.0 Å². The van der Waals surface area contributed by atoms with E-state index in [0.29, 0.717) is 0 Å². The molecule has 18 heavy (non-hydrogen) atoms. The maximum Gasteiger partial charge on any atom is 0.330 e. The Morgan fingerprint density at radius 3 is 2.56 bits per heavy atom. The number of hydroxylamine groups is 1. The zero-order valence-electron chi connectivity index (χ0n) is 10.9. The monoisotopic (exact) mass is 255 g/mol. The summed E-state index contributed by atoms with van der Waals surface area (Å²) in [6.07, 6.45) is 6.24. The van der Waals surface area contributed by atoms with Gasteiger partial charge in [-0.15, -0.1) is 0 Å². The molecule has 0 aromatic rings. The van der Waals surface area contributed by atoms with Crippen molar-refractivity contribution in [2.24, 2.45) is 5.41 Å². The van der Waals surface area contributed by atoms with Crippen LogP contribution >= 0.6 is 0 Å². The number of amides is 1. The summed E-state index contributed by atoms with van der Waals surface area (Å²) in [6.45, 7) is 5.47. The van der Waals surface area contributed by atoms with Gasteiger partial charge in [-0.2, -0.15) is 0 Å². The van der Waals surface area contributed by atoms with Crippen LogP contribution in [0.3, 0.4) is 0 Å². The van der Waals surface area contributed by atoms with Gasteiger partial charge in [0.1, 0.15) is 13.2 Å². The van der Waals surface area contributed by atoms with E-state index in [4.69, 9.17) is 9.57 Å². The van der Waals surface area contributed by atoms with Gasteiger partial charge in [0, 0.05) is 11.5 Å². The summed E-state index contributed by atoms with van der Waals surface area (Å²) in [5.74, 6) is -0.582. The summed E-state index contributed by atoms with van der Waals surface area (Å²) in [5.41, 5.74) is 2.11. The average Bonchev–Trinajstić information content (AvgIpc) is 2.38. The van der Waals surface area contributed by atoms with Crippen LogP contribution in [0.2, 0.25) is 0 Å². The first-order valence-electron chi connectivity index (χ1n) is 6.30. The lowest BCUT2D eigenvalue weighted by Gasteiger charge is -2.31. The molecule has 0 saturated heterocycles. The second-order valence-corrected chi connectivity index (χ2v) is 4.77. The van der Waals surface area contributed by atoms with Gasteiger partial charge in [0.05, 0.1) is 0 Å². The van der Waals surface area contributed by atoms with Crippen LogP contribution in [0.5, 0.6) is 0 Å². The molecule has 0 heterocycles. The summed E-state index contributed by atoms with van der Waals surface area (Å²) in [4.78, 5) is 27.6. The topological polar surface area (TPSA) is 64.6 Å². The Kier molecular flexibility index (Phi) is 5.85. The van der Waals surface area contributed by atoms with Crippen LogP contribution in [0.1, 0.15) is 39.0 Å². The fraction of sp³-hybridized carbons (Fsp3) is 0.692. The molecule has 5 heteroatoms. The summed E-state index contributed by atoms with van der Waals surface area (Å²) in [7, 11) is 0. The largest absolute Gasteiger partial charge is 0.460 e. The van der Waals surface area contributed by atoms with Crippen LogP contribution in [0.15, 0.2) is 12.7 Å². The molecule has 0 spiro atoms. The van der Waals surface area contributed by atoms with Crippen LogP contribution in [0.4, 0.5) is 0 Å². The van der Waals surface area contributed by atoms with E-state index < -0.39 is 5.97 Å². The quantitative estimate of drug-likeness (QED) is 0.340. The van der Waals surface area contributed by atoms with Crippen molar-refractivity contribution in [1.82, 2.24) is 5.48 Å². The Morgan fingerprint density at radius 1 is 1.28 bits per heavy atom. The fourth-order valence-electron chi connectivity index (χ4n) is 2.04. The smallest absolute Gasteiger partial charge is 0.330 e. The second kappa shape index (κ2) is 7.16. The highest BCUT2D eigenvalue weighted by atomic mass is 16.7. The molecule has 1 aliphatic rings. The predicted octanol–water partition coefficient (Wildman–Crippen LogP) is 1.73. The van der Waals surface area contributed by atoms with E-state index in [9.17, 15) is 9.59 Å². The van der Waals surface area contributed by atoms with Crippen LogP contribution in [0, 0.1) is 5.41 Å². The summed E-state index contributed by atoms with van der Waals surface area (Å²) in [6, 6.07) is 0. The summed E-state index contributed by atoms with van der Waals surface area (Å²) in [5, 5.41) is 0. The predicted molar refractivity (Wildman–Crippen MR) is 66.4 cm³/mol. The molecule has 0 atom stereocenters. The van der Waals surface area contributed by atoms with E-state index in [0.717, 1.165) is 31.8 Å². The number of hydrogen-bond acceptors (Lipinski definition) is 4. The van der Waals surface area contributed by atoms with Crippen molar-refractivity contribution in [2.75, 3.05) is 13.2 Å². The maximum atomic E-state index is 11.9. The number of carbonyl (C=O) groups excluding carboxylic acids is 2. The van der Waals surface area contributed by atoms with Gasteiger partial charge in [-0.05, 0) is 12.8 Å². The Labute approximate surface area is 107 Å². The number of nitrogens with one attached hydrogen (secondary N) is 1. The first kappa shape index (κ1) is 14.7. The van der Waals surface area contributed by atoms with Gasteiger partial charge >= 0.3 is 5.97 Å². The zero-order chi connectivity index (χ0) is 13.4. The SMILES string of the molecule is C=CC(=O)OCCONC(=O)C1(C)CCCCC1.